The molecule has 1 N–H and O–H groups in total. The van der Waals surface area contributed by atoms with Gasteiger partial charge in [0.1, 0.15) is 0 Å². The van der Waals surface area contributed by atoms with Crippen molar-refractivity contribution in [3.8, 4) is 0 Å². The van der Waals surface area contributed by atoms with E-state index in [1.165, 1.54) is 21.6 Å². The monoisotopic (exact) mass is 246 g/mol. The van der Waals surface area contributed by atoms with Gasteiger partial charge < -0.3 is 5.32 Å². The fourth-order valence-electron chi connectivity index (χ4n) is 1.80. The summed E-state index contributed by atoms with van der Waals surface area (Å²) in [6.45, 7) is 6.39. The summed E-state index contributed by atoms with van der Waals surface area (Å²) < 4.78 is 0. The van der Waals surface area contributed by atoms with E-state index in [2.05, 4.69) is 49.3 Å². The lowest BCUT2D eigenvalue weighted by Crippen LogP contribution is -1.90. The maximum absolute atomic E-state index is 4.47. The predicted molar refractivity (Wildman–Crippen MR) is 75.1 cm³/mol. The van der Waals surface area contributed by atoms with Crippen LogP contribution in [0.3, 0.4) is 0 Å². The molecule has 90 valence electrons. The lowest BCUT2D eigenvalue weighted by Gasteiger charge is -2.04. The fourth-order valence-corrected chi connectivity index (χ4v) is 2.75. The van der Waals surface area contributed by atoms with E-state index < -0.39 is 0 Å². The molecule has 0 amide bonds. The third-order valence-electron chi connectivity index (χ3n) is 3.04. The van der Waals surface area contributed by atoms with Gasteiger partial charge in [-0.25, -0.2) is 4.98 Å². The van der Waals surface area contributed by atoms with Crippen molar-refractivity contribution >= 4 is 16.5 Å². The van der Waals surface area contributed by atoms with Crippen molar-refractivity contribution in [1.82, 2.24) is 4.98 Å². The molecule has 1 heterocycles. The van der Waals surface area contributed by atoms with Gasteiger partial charge in [0.15, 0.2) is 5.13 Å². The summed E-state index contributed by atoms with van der Waals surface area (Å²) in [5, 5.41) is 4.10. The number of nitrogens with one attached hydrogen (secondary N) is 1. The topological polar surface area (TPSA) is 24.9 Å². The molecule has 17 heavy (non-hydrogen) atoms. The quantitative estimate of drug-likeness (QED) is 0.893. The van der Waals surface area contributed by atoms with E-state index in [0.717, 1.165) is 17.2 Å². The Kier molecular flexibility index (Phi) is 3.48. The lowest BCUT2D eigenvalue weighted by atomic mass is 10.0. The zero-order valence-electron chi connectivity index (χ0n) is 10.8. The number of benzene rings is 1. The van der Waals surface area contributed by atoms with Crippen LogP contribution in [0.4, 0.5) is 5.13 Å². The summed E-state index contributed by atoms with van der Waals surface area (Å²) in [6.07, 6.45) is 0.978. The van der Waals surface area contributed by atoms with Crippen LogP contribution in [0.1, 0.15) is 27.3 Å². The minimum Gasteiger partial charge on any atom is -0.365 e. The molecule has 0 aliphatic carbocycles. The average molecular weight is 246 g/mol. The van der Waals surface area contributed by atoms with Crippen LogP contribution in [0.15, 0.2) is 18.2 Å². The Hall–Kier alpha value is -1.35. The summed E-state index contributed by atoms with van der Waals surface area (Å²) in [5.41, 5.74) is 5.21. The highest BCUT2D eigenvalue weighted by molar-refractivity contribution is 7.15. The number of nitrogens with zero attached hydrogens (tertiary/aromatic N) is 1. The number of thiazole rings is 1. The Morgan fingerprint density at radius 2 is 1.94 bits per heavy atom. The SMILES string of the molecule is CNc1nc(C)c(Cc2ccc(C)c(C)c2)s1. The molecule has 2 aromatic rings. The number of aryl methyl sites for hydroxylation is 3. The van der Waals surface area contributed by atoms with Crippen molar-refractivity contribution in [3.63, 3.8) is 0 Å². The first kappa shape index (κ1) is 12.1. The zero-order chi connectivity index (χ0) is 12.4. The highest BCUT2D eigenvalue weighted by atomic mass is 32.1. The summed E-state index contributed by atoms with van der Waals surface area (Å²) in [5.74, 6) is 0. The second-order valence-corrected chi connectivity index (χ2v) is 5.46. The van der Waals surface area contributed by atoms with Crippen molar-refractivity contribution < 1.29 is 0 Å². The molecule has 0 unspecified atom stereocenters. The highest BCUT2D eigenvalue weighted by Crippen LogP contribution is 2.25. The number of anilines is 1. The molecule has 0 saturated heterocycles. The first-order valence-corrected chi connectivity index (χ1v) is 6.62. The van der Waals surface area contributed by atoms with Gasteiger partial charge in [-0.15, -0.1) is 11.3 Å². The van der Waals surface area contributed by atoms with Gasteiger partial charge in [0, 0.05) is 18.3 Å². The molecule has 1 aromatic carbocycles. The smallest absolute Gasteiger partial charge is 0.182 e. The maximum atomic E-state index is 4.47. The van der Waals surface area contributed by atoms with Crippen molar-refractivity contribution in [3.05, 3.63) is 45.5 Å². The lowest BCUT2D eigenvalue weighted by molar-refractivity contribution is 1.14. The van der Waals surface area contributed by atoms with Crippen LogP contribution >= 0.6 is 11.3 Å². The van der Waals surface area contributed by atoms with Gasteiger partial charge in [-0.3, -0.25) is 0 Å². The van der Waals surface area contributed by atoms with Crippen molar-refractivity contribution in [1.29, 1.82) is 0 Å². The van der Waals surface area contributed by atoms with Gasteiger partial charge >= 0.3 is 0 Å². The molecule has 2 rings (SSSR count). The first-order chi connectivity index (χ1) is 8.10. The molecule has 0 bridgehead atoms. The molecular weight excluding hydrogens is 228 g/mol. The molecule has 0 saturated carbocycles. The van der Waals surface area contributed by atoms with Gasteiger partial charge in [-0.2, -0.15) is 0 Å². The van der Waals surface area contributed by atoms with Crippen molar-refractivity contribution in [2.75, 3.05) is 12.4 Å². The van der Waals surface area contributed by atoms with Gasteiger partial charge in [-0.05, 0) is 37.5 Å². The molecule has 0 fully saturated rings. The molecule has 3 heteroatoms. The third-order valence-corrected chi connectivity index (χ3v) is 4.22. The van der Waals surface area contributed by atoms with Crippen LogP contribution in [-0.2, 0) is 6.42 Å². The Labute approximate surface area is 107 Å². The molecular formula is C14H18N2S. The average Bonchev–Trinajstić information content (AvgIpc) is 2.65. The third kappa shape index (κ3) is 2.67. The van der Waals surface area contributed by atoms with Gasteiger partial charge in [-0.1, -0.05) is 18.2 Å². The summed E-state index contributed by atoms with van der Waals surface area (Å²) in [7, 11) is 1.91. The van der Waals surface area contributed by atoms with Gasteiger partial charge in [0.25, 0.3) is 0 Å². The molecule has 1 aromatic heterocycles. The summed E-state index contributed by atoms with van der Waals surface area (Å²) in [4.78, 5) is 5.82. The van der Waals surface area contributed by atoms with E-state index in [4.69, 9.17) is 0 Å². The largest absolute Gasteiger partial charge is 0.365 e. The number of hydrogen-bond donors (Lipinski definition) is 1. The van der Waals surface area contributed by atoms with E-state index in [9.17, 15) is 0 Å². The minimum atomic E-state index is 0.978. The van der Waals surface area contributed by atoms with E-state index >= 15 is 0 Å². The van der Waals surface area contributed by atoms with Crippen LogP contribution in [0.5, 0.6) is 0 Å². The zero-order valence-corrected chi connectivity index (χ0v) is 11.6. The van der Waals surface area contributed by atoms with Crippen molar-refractivity contribution in [2.45, 2.75) is 27.2 Å². The van der Waals surface area contributed by atoms with Gasteiger partial charge in [0.2, 0.25) is 0 Å². The van der Waals surface area contributed by atoms with Crippen LogP contribution in [0, 0.1) is 20.8 Å². The molecule has 0 spiro atoms. The minimum absolute atomic E-state index is 0.978. The summed E-state index contributed by atoms with van der Waals surface area (Å²) >= 11 is 1.74. The molecule has 0 aliphatic heterocycles. The Bertz CT molecular complexity index is 529. The molecule has 0 radical (unpaired) electrons. The number of hydrogen-bond acceptors (Lipinski definition) is 3. The standard InChI is InChI=1S/C14H18N2S/c1-9-5-6-12(7-10(9)2)8-13-11(3)16-14(15-4)17-13/h5-7H,8H2,1-4H3,(H,15,16). The number of rotatable bonds is 3. The van der Waals surface area contributed by atoms with Crippen LogP contribution < -0.4 is 5.32 Å². The van der Waals surface area contributed by atoms with Gasteiger partial charge in [0.05, 0.1) is 5.69 Å². The highest BCUT2D eigenvalue weighted by Gasteiger charge is 2.07. The van der Waals surface area contributed by atoms with E-state index in [1.807, 2.05) is 7.05 Å². The molecule has 2 nitrogen and oxygen atoms in total. The van der Waals surface area contributed by atoms with E-state index in [0.29, 0.717) is 0 Å². The normalized spacial score (nSPS) is 10.6. The molecule has 0 atom stereocenters. The maximum Gasteiger partial charge on any atom is 0.182 e. The second-order valence-electron chi connectivity index (χ2n) is 4.37. The number of aromatic nitrogens is 1. The van der Waals surface area contributed by atoms with Crippen LogP contribution in [-0.4, -0.2) is 12.0 Å². The second kappa shape index (κ2) is 4.88. The first-order valence-electron chi connectivity index (χ1n) is 5.80. The van der Waals surface area contributed by atoms with E-state index in [1.54, 1.807) is 11.3 Å². The van der Waals surface area contributed by atoms with E-state index in [-0.39, 0.29) is 0 Å². The Morgan fingerprint density at radius 3 is 2.53 bits per heavy atom. The predicted octanol–water partition coefficient (Wildman–Crippen LogP) is 3.70. The van der Waals surface area contributed by atoms with Crippen LogP contribution in [0.25, 0.3) is 0 Å². The van der Waals surface area contributed by atoms with Crippen molar-refractivity contribution in [2.24, 2.45) is 0 Å². The Morgan fingerprint density at radius 1 is 1.18 bits per heavy atom. The van der Waals surface area contributed by atoms with Crippen LogP contribution in [0.2, 0.25) is 0 Å². The molecule has 0 aliphatic rings. The fraction of sp³-hybridized carbons (Fsp3) is 0.357. The Balaban J connectivity index is 2.24. The summed E-state index contributed by atoms with van der Waals surface area (Å²) in [6, 6.07) is 6.67.